The Hall–Kier alpha value is -2.91. The second-order valence-electron chi connectivity index (χ2n) is 7.99. The largest absolute Gasteiger partial charge is 0.493 e. The van der Waals surface area contributed by atoms with Crippen LogP contribution < -0.4 is 14.8 Å². The number of carbonyl (C=O) groups is 1. The zero-order chi connectivity index (χ0) is 22.0. The summed E-state index contributed by atoms with van der Waals surface area (Å²) in [5, 5.41) is 7.19. The van der Waals surface area contributed by atoms with E-state index in [1.807, 2.05) is 12.1 Å². The van der Waals surface area contributed by atoms with Crippen molar-refractivity contribution in [3.05, 3.63) is 30.6 Å². The first-order valence-electron chi connectivity index (χ1n) is 10.5. The number of rotatable bonds is 6. The van der Waals surface area contributed by atoms with Gasteiger partial charge in [0.2, 0.25) is 5.95 Å². The maximum absolute atomic E-state index is 13.5. The number of hydrogen-bond donors (Lipinski definition) is 1. The number of benzene rings is 1. The predicted octanol–water partition coefficient (Wildman–Crippen LogP) is 2.98. The van der Waals surface area contributed by atoms with Crippen LogP contribution >= 0.6 is 0 Å². The number of ether oxygens (including phenoxy) is 2. The Morgan fingerprint density at radius 3 is 2.61 bits per heavy atom. The molecule has 1 N–H and O–H groups in total. The van der Waals surface area contributed by atoms with E-state index in [4.69, 9.17) is 9.47 Å². The Labute approximate surface area is 179 Å². The first kappa shape index (κ1) is 21.3. The third-order valence-corrected chi connectivity index (χ3v) is 6.13. The summed E-state index contributed by atoms with van der Waals surface area (Å²) in [4.78, 5) is 18.7. The standard InChI is InChI=1S/C21H27F2N5O3/c1-13(31-18-6-4-3-5-17(18)30-2)20(29)27-9-7-14(8-10-27)15-11-16(19(22)23)28-21(26-15)24-12-25-28/h3-6,12-16,19H,7-11H2,1-2H3,(H,24,25,26)/t13?,15-,16+/m0/s1. The van der Waals surface area contributed by atoms with Crippen molar-refractivity contribution in [1.82, 2.24) is 19.7 Å². The predicted molar refractivity (Wildman–Crippen MR) is 109 cm³/mol. The van der Waals surface area contributed by atoms with Gasteiger partial charge in [0.05, 0.1) is 7.11 Å². The Kier molecular flexibility index (Phi) is 6.24. The van der Waals surface area contributed by atoms with E-state index in [-0.39, 0.29) is 17.9 Å². The number of likely N-dealkylation sites (tertiary alicyclic amines) is 1. The molecule has 1 unspecified atom stereocenters. The first-order chi connectivity index (χ1) is 15.0. The number of anilines is 1. The lowest BCUT2D eigenvalue weighted by atomic mass is 9.85. The molecule has 2 aliphatic heterocycles. The van der Waals surface area contributed by atoms with Gasteiger partial charge in [0.15, 0.2) is 17.6 Å². The van der Waals surface area contributed by atoms with Crippen LogP contribution in [0.1, 0.15) is 32.2 Å². The summed E-state index contributed by atoms with van der Waals surface area (Å²) in [5.41, 5.74) is 0. The zero-order valence-electron chi connectivity index (χ0n) is 17.6. The monoisotopic (exact) mass is 435 g/mol. The van der Waals surface area contributed by atoms with Crippen molar-refractivity contribution in [3.8, 4) is 11.5 Å². The molecule has 2 aliphatic rings. The van der Waals surface area contributed by atoms with E-state index < -0.39 is 18.6 Å². The van der Waals surface area contributed by atoms with Crippen molar-refractivity contribution >= 4 is 11.9 Å². The molecule has 0 aliphatic carbocycles. The zero-order valence-corrected chi connectivity index (χ0v) is 17.6. The molecule has 4 rings (SSSR count). The molecule has 0 spiro atoms. The van der Waals surface area contributed by atoms with Crippen LogP contribution in [0.5, 0.6) is 11.5 Å². The number of hydrogen-bond acceptors (Lipinski definition) is 6. The van der Waals surface area contributed by atoms with E-state index in [9.17, 15) is 13.6 Å². The average Bonchev–Trinajstić information content (AvgIpc) is 3.27. The minimum atomic E-state index is -2.50. The molecule has 3 atom stereocenters. The van der Waals surface area contributed by atoms with Crippen LogP contribution in [-0.2, 0) is 4.79 Å². The normalized spacial score (nSPS) is 22.5. The molecule has 2 aromatic rings. The van der Waals surface area contributed by atoms with Crippen molar-refractivity contribution in [2.24, 2.45) is 5.92 Å². The van der Waals surface area contributed by atoms with Gasteiger partial charge in [-0.15, -0.1) is 0 Å². The quantitative estimate of drug-likeness (QED) is 0.751. The van der Waals surface area contributed by atoms with Gasteiger partial charge in [-0.3, -0.25) is 4.79 Å². The van der Waals surface area contributed by atoms with E-state index in [0.29, 0.717) is 37.0 Å². The lowest BCUT2D eigenvalue weighted by Gasteiger charge is -2.40. The lowest BCUT2D eigenvalue weighted by molar-refractivity contribution is -0.139. The number of para-hydroxylation sites is 2. The van der Waals surface area contributed by atoms with Crippen molar-refractivity contribution in [1.29, 1.82) is 0 Å². The van der Waals surface area contributed by atoms with Crippen LogP contribution in [0.2, 0.25) is 0 Å². The van der Waals surface area contributed by atoms with Gasteiger partial charge in [-0.05, 0) is 44.2 Å². The van der Waals surface area contributed by atoms with E-state index >= 15 is 0 Å². The summed E-state index contributed by atoms with van der Waals surface area (Å²) >= 11 is 0. The second-order valence-corrected chi connectivity index (χ2v) is 7.99. The molecule has 1 fully saturated rings. The van der Waals surface area contributed by atoms with Crippen molar-refractivity contribution in [3.63, 3.8) is 0 Å². The Morgan fingerprint density at radius 1 is 1.23 bits per heavy atom. The molecule has 1 aromatic carbocycles. The number of methoxy groups -OCH3 is 1. The summed E-state index contributed by atoms with van der Waals surface area (Å²) < 4.78 is 39.4. The fraction of sp³-hybridized carbons (Fsp3) is 0.571. The summed E-state index contributed by atoms with van der Waals surface area (Å²) in [7, 11) is 1.56. The minimum Gasteiger partial charge on any atom is -0.493 e. The molecule has 0 bridgehead atoms. The third kappa shape index (κ3) is 4.42. The highest BCUT2D eigenvalue weighted by atomic mass is 19.3. The number of piperidine rings is 1. The highest BCUT2D eigenvalue weighted by Gasteiger charge is 2.39. The molecular weight excluding hydrogens is 408 g/mol. The number of alkyl halides is 2. The van der Waals surface area contributed by atoms with E-state index in [1.54, 1.807) is 31.1 Å². The fourth-order valence-corrected chi connectivity index (χ4v) is 4.44. The van der Waals surface area contributed by atoms with Gasteiger partial charge >= 0.3 is 0 Å². The summed E-state index contributed by atoms with van der Waals surface area (Å²) in [6, 6.07) is 6.12. The van der Waals surface area contributed by atoms with Crippen LogP contribution in [0.3, 0.4) is 0 Å². The molecule has 1 aromatic heterocycles. The molecule has 1 saturated heterocycles. The average molecular weight is 435 g/mol. The molecule has 3 heterocycles. The van der Waals surface area contributed by atoms with Crippen LogP contribution in [0.25, 0.3) is 0 Å². The van der Waals surface area contributed by atoms with E-state index in [0.717, 1.165) is 12.8 Å². The van der Waals surface area contributed by atoms with Crippen LogP contribution in [0.4, 0.5) is 14.7 Å². The van der Waals surface area contributed by atoms with Gasteiger partial charge < -0.3 is 19.7 Å². The fourth-order valence-electron chi connectivity index (χ4n) is 4.44. The number of amides is 1. The summed E-state index contributed by atoms with van der Waals surface area (Å²) in [5.74, 6) is 1.58. The molecule has 0 saturated carbocycles. The van der Waals surface area contributed by atoms with E-state index in [1.165, 1.54) is 11.0 Å². The Bertz CT molecular complexity index is 901. The maximum atomic E-state index is 13.5. The molecule has 1 amide bonds. The maximum Gasteiger partial charge on any atom is 0.263 e. The molecule has 168 valence electrons. The second kappa shape index (κ2) is 9.07. The minimum absolute atomic E-state index is 0.0915. The number of carbonyl (C=O) groups excluding carboxylic acids is 1. The Balaban J connectivity index is 1.34. The van der Waals surface area contributed by atoms with Crippen molar-refractivity contribution in [2.75, 3.05) is 25.5 Å². The number of fused-ring (bicyclic) bond motifs is 1. The van der Waals surface area contributed by atoms with Gasteiger partial charge in [-0.2, -0.15) is 10.1 Å². The smallest absolute Gasteiger partial charge is 0.263 e. The summed E-state index contributed by atoms with van der Waals surface area (Å²) in [6.45, 7) is 2.85. The number of nitrogens with one attached hydrogen (secondary N) is 1. The Morgan fingerprint density at radius 2 is 1.94 bits per heavy atom. The highest BCUT2D eigenvalue weighted by Crippen LogP contribution is 2.35. The van der Waals surface area contributed by atoms with Crippen LogP contribution in [0.15, 0.2) is 30.6 Å². The molecule has 8 nitrogen and oxygen atoms in total. The van der Waals surface area contributed by atoms with Crippen molar-refractivity contribution < 1.29 is 23.0 Å². The van der Waals surface area contributed by atoms with Crippen molar-refractivity contribution in [2.45, 2.75) is 50.8 Å². The number of halogens is 2. The lowest BCUT2D eigenvalue weighted by Crippen LogP contribution is -2.48. The topological polar surface area (TPSA) is 81.5 Å². The van der Waals surface area contributed by atoms with Gasteiger partial charge in [0, 0.05) is 19.1 Å². The van der Waals surface area contributed by atoms with Crippen LogP contribution in [0, 0.1) is 5.92 Å². The molecule has 10 heteroatoms. The summed E-state index contributed by atoms with van der Waals surface area (Å²) in [6.07, 6.45) is -0.101. The third-order valence-electron chi connectivity index (χ3n) is 6.13. The van der Waals surface area contributed by atoms with Gasteiger partial charge in [0.25, 0.3) is 12.3 Å². The van der Waals surface area contributed by atoms with Crippen LogP contribution in [-0.4, -0.2) is 64.3 Å². The molecule has 31 heavy (non-hydrogen) atoms. The van der Waals surface area contributed by atoms with Gasteiger partial charge in [-0.1, -0.05) is 12.1 Å². The molecule has 0 radical (unpaired) electrons. The number of nitrogens with zero attached hydrogens (tertiary/aromatic N) is 4. The van der Waals surface area contributed by atoms with E-state index in [2.05, 4.69) is 15.4 Å². The SMILES string of the molecule is COc1ccccc1OC(C)C(=O)N1CCC([C@@H]2C[C@H](C(F)F)n3ncnc3N2)CC1. The highest BCUT2D eigenvalue weighted by molar-refractivity contribution is 5.81. The first-order valence-corrected chi connectivity index (χ1v) is 10.5. The van der Waals surface area contributed by atoms with Gasteiger partial charge in [-0.25, -0.2) is 13.5 Å². The number of aromatic nitrogens is 3. The van der Waals surface area contributed by atoms with Gasteiger partial charge in [0.1, 0.15) is 12.4 Å². The molecular formula is C21H27F2N5O3.